The second kappa shape index (κ2) is 5.54. The van der Waals surface area contributed by atoms with Crippen LogP contribution in [0.4, 0.5) is 0 Å². The molecule has 0 amide bonds. The van der Waals surface area contributed by atoms with Gasteiger partial charge in [-0.25, -0.2) is 9.97 Å². The first kappa shape index (κ1) is 14.5. The molecule has 1 aromatic carbocycles. The molecule has 2 aliphatic rings. The van der Waals surface area contributed by atoms with E-state index in [4.69, 9.17) is 11.6 Å². The number of carbonyl (C=O) groups is 1. The Labute approximate surface area is 147 Å². The highest BCUT2D eigenvalue weighted by Crippen LogP contribution is 2.39. The highest BCUT2D eigenvalue weighted by Gasteiger charge is 2.34. The molecule has 1 aliphatic heterocycles. The highest BCUT2D eigenvalue weighted by atomic mass is 127. The molecule has 4 nitrogen and oxygen atoms in total. The predicted octanol–water partition coefficient (Wildman–Crippen LogP) is 3.85. The minimum atomic E-state index is -0.0894. The lowest BCUT2D eigenvalue weighted by Gasteiger charge is -2.12. The Hall–Kier alpha value is -1.05. The maximum absolute atomic E-state index is 11.5. The van der Waals surface area contributed by atoms with Crippen LogP contribution < -0.4 is 0 Å². The first-order valence-corrected chi connectivity index (χ1v) is 8.65. The van der Waals surface area contributed by atoms with Gasteiger partial charge in [-0.05, 0) is 42.2 Å². The summed E-state index contributed by atoms with van der Waals surface area (Å²) in [5.41, 5.74) is 4.61. The van der Waals surface area contributed by atoms with E-state index >= 15 is 0 Å². The summed E-state index contributed by atoms with van der Waals surface area (Å²) in [7, 11) is 0. The van der Waals surface area contributed by atoms with Crippen molar-refractivity contribution >= 4 is 38.0 Å². The molecule has 6 heteroatoms. The Morgan fingerprint density at radius 1 is 1.23 bits per heavy atom. The normalized spacial score (nSPS) is 17.5. The molecule has 0 N–H and O–H groups in total. The number of rotatable bonds is 3. The zero-order valence-corrected chi connectivity index (χ0v) is 14.6. The number of aromatic nitrogens is 2. The summed E-state index contributed by atoms with van der Waals surface area (Å²) in [6.07, 6.45) is 4.02. The number of hydrogen-bond donors (Lipinski definition) is 0. The predicted molar refractivity (Wildman–Crippen MR) is 93.1 cm³/mol. The molecule has 1 aromatic heterocycles. The summed E-state index contributed by atoms with van der Waals surface area (Å²) in [4.78, 5) is 22.2. The summed E-state index contributed by atoms with van der Waals surface area (Å²) in [5, 5.41) is 0.789. The zero-order chi connectivity index (χ0) is 15.3. The van der Waals surface area contributed by atoms with Crippen molar-refractivity contribution in [2.24, 2.45) is 0 Å². The van der Waals surface area contributed by atoms with Crippen LogP contribution in [0.1, 0.15) is 34.5 Å². The van der Waals surface area contributed by atoms with Crippen molar-refractivity contribution in [2.75, 3.05) is 0 Å². The van der Waals surface area contributed by atoms with Crippen molar-refractivity contribution in [1.29, 1.82) is 0 Å². The smallest absolute Gasteiger partial charge is 0.240 e. The number of benzene rings is 1. The van der Waals surface area contributed by atoms with Gasteiger partial charge in [0.1, 0.15) is 12.0 Å². The third kappa shape index (κ3) is 2.66. The summed E-state index contributed by atoms with van der Waals surface area (Å²) in [6, 6.07) is 6.54. The Morgan fingerprint density at radius 2 is 2.05 bits per heavy atom. The van der Waals surface area contributed by atoms with Crippen molar-refractivity contribution < 1.29 is 4.79 Å². The van der Waals surface area contributed by atoms with Crippen LogP contribution in [0, 0.1) is 0 Å². The Kier molecular flexibility index (Phi) is 3.66. The van der Waals surface area contributed by atoms with Crippen LogP contribution in [0.3, 0.4) is 0 Å². The molecule has 1 fully saturated rings. The lowest BCUT2D eigenvalue weighted by Crippen LogP contribution is -2.18. The lowest BCUT2D eigenvalue weighted by atomic mass is 10.0. The van der Waals surface area contributed by atoms with Crippen LogP contribution in [0.2, 0.25) is 5.02 Å². The fourth-order valence-electron chi connectivity index (χ4n) is 2.96. The van der Waals surface area contributed by atoms with E-state index in [2.05, 4.69) is 20.9 Å². The van der Waals surface area contributed by atoms with Gasteiger partial charge in [-0.15, -0.1) is 0 Å². The molecule has 112 valence electrons. The van der Waals surface area contributed by atoms with E-state index < -0.39 is 0 Å². The zero-order valence-electron chi connectivity index (χ0n) is 11.7. The van der Waals surface area contributed by atoms with E-state index in [9.17, 15) is 4.79 Å². The largest absolute Gasteiger partial charge is 0.292 e. The van der Waals surface area contributed by atoms with Gasteiger partial charge in [0, 0.05) is 52.3 Å². The van der Waals surface area contributed by atoms with Gasteiger partial charge >= 0.3 is 0 Å². The van der Waals surface area contributed by atoms with E-state index in [1.807, 2.05) is 6.07 Å². The number of fused-ring (bicyclic) bond motifs is 1. The van der Waals surface area contributed by atoms with Crippen LogP contribution in [-0.2, 0) is 13.1 Å². The molecule has 0 unspecified atom stereocenters. The van der Waals surface area contributed by atoms with E-state index in [-0.39, 0.29) is 3.79 Å². The fraction of sp³-hybridized carbons (Fsp3) is 0.312. The molecule has 0 radical (unpaired) electrons. The summed E-state index contributed by atoms with van der Waals surface area (Å²) < 4.78 is -0.0894. The fourth-order valence-corrected chi connectivity index (χ4v) is 3.55. The van der Waals surface area contributed by atoms with Crippen LogP contribution in [-0.4, -0.2) is 24.7 Å². The third-order valence-corrected chi connectivity index (χ3v) is 5.14. The van der Waals surface area contributed by atoms with Crippen molar-refractivity contribution in [3.05, 3.63) is 46.4 Å². The second-order valence-corrected chi connectivity index (χ2v) is 7.18. The average molecular weight is 426 g/mol. The van der Waals surface area contributed by atoms with Crippen molar-refractivity contribution in [3.8, 4) is 11.3 Å². The number of hydrogen-bond acceptors (Lipinski definition) is 4. The van der Waals surface area contributed by atoms with E-state index in [0.717, 1.165) is 35.4 Å². The minimum Gasteiger partial charge on any atom is -0.292 e. The quantitative estimate of drug-likeness (QED) is 0.554. The molecular weight excluding hydrogens is 413 g/mol. The van der Waals surface area contributed by atoms with E-state index in [1.165, 1.54) is 30.3 Å². The van der Waals surface area contributed by atoms with Gasteiger partial charge < -0.3 is 0 Å². The van der Waals surface area contributed by atoms with Crippen molar-refractivity contribution in [2.45, 2.75) is 32.0 Å². The van der Waals surface area contributed by atoms with Gasteiger partial charge in [0.2, 0.25) is 3.79 Å². The highest BCUT2D eigenvalue weighted by molar-refractivity contribution is 14.1. The summed E-state index contributed by atoms with van der Waals surface area (Å²) in [5.74, 6) is 0. The van der Waals surface area contributed by atoms with Crippen molar-refractivity contribution in [1.82, 2.24) is 14.9 Å². The monoisotopic (exact) mass is 425 g/mol. The van der Waals surface area contributed by atoms with Gasteiger partial charge in [-0.1, -0.05) is 11.6 Å². The van der Waals surface area contributed by atoms with Gasteiger partial charge in [0.15, 0.2) is 0 Å². The maximum atomic E-state index is 11.5. The standard InChI is InChI=1S/C16H13ClIN3O/c17-13-4-9(14-5-15(16(18)22)20-8-19-14)3-10-6-21(7-12(10)13)11-1-2-11/h3-5,8,11H,1-2,6-7H2. The molecule has 0 atom stereocenters. The number of carbonyl (C=O) groups excluding carboxylic acids is 1. The molecule has 2 heterocycles. The van der Waals surface area contributed by atoms with Crippen LogP contribution >= 0.6 is 34.2 Å². The average Bonchev–Trinajstić information content (AvgIpc) is 3.27. The molecule has 1 aliphatic carbocycles. The molecule has 2 aromatic rings. The van der Waals surface area contributed by atoms with Crippen molar-refractivity contribution in [3.63, 3.8) is 0 Å². The summed E-state index contributed by atoms with van der Waals surface area (Å²) >= 11 is 8.21. The molecule has 1 saturated carbocycles. The Morgan fingerprint density at radius 3 is 2.77 bits per heavy atom. The first-order valence-electron chi connectivity index (χ1n) is 7.19. The first-order chi connectivity index (χ1) is 10.6. The molecule has 0 saturated heterocycles. The second-order valence-electron chi connectivity index (χ2n) is 5.79. The molecule has 22 heavy (non-hydrogen) atoms. The molecule has 0 spiro atoms. The number of halogens is 2. The van der Waals surface area contributed by atoms with Gasteiger partial charge in [-0.3, -0.25) is 9.69 Å². The molecular formula is C16H13ClIN3O. The topological polar surface area (TPSA) is 46.1 Å². The third-order valence-electron chi connectivity index (χ3n) is 4.25. The number of nitrogens with zero attached hydrogens (tertiary/aromatic N) is 3. The van der Waals surface area contributed by atoms with Gasteiger partial charge in [0.25, 0.3) is 0 Å². The SMILES string of the molecule is O=C(I)c1cc(-c2cc(Cl)c3c(c2)CN(C2CC2)C3)ncn1. The molecule has 0 bridgehead atoms. The van der Waals surface area contributed by atoms with E-state index in [1.54, 1.807) is 28.7 Å². The maximum Gasteiger partial charge on any atom is 0.240 e. The Bertz CT molecular complexity index is 776. The van der Waals surface area contributed by atoms with Crippen LogP contribution in [0.25, 0.3) is 11.3 Å². The molecule has 4 rings (SSSR count). The minimum absolute atomic E-state index is 0.0894. The van der Waals surface area contributed by atoms with Gasteiger partial charge in [0.05, 0.1) is 5.69 Å². The van der Waals surface area contributed by atoms with E-state index in [0.29, 0.717) is 5.69 Å². The Balaban J connectivity index is 1.72. The van der Waals surface area contributed by atoms with Gasteiger partial charge in [-0.2, -0.15) is 0 Å². The lowest BCUT2D eigenvalue weighted by molar-refractivity contribution is 0.110. The van der Waals surface area contributed by atoms with Crippen LogP contribution in [0.15, 0.2) is 24.5 Å². The summed E-state index contributed by atoms with van der Waals surface area (Å²) in [6.45, 7) is 1.90. The van der Waals surface area contributed by atoms with Crippen LogP contribution in [0.5, 0.6) is 0 Å².